The molecule has 1 atom stereocenters. The number of nitrogens with zero attached hydrogens (tertiary/aromatic N) is 2. The monoisotopic (exact) mass is 208 g/mol. The largest absolute Gasteiger partial charge is 0.470 e. The van der Waals surface area contributed by atoms with Crippen molar-refractivity contribution in [2.24, 2.45) is 5.18 Å². The molecule has 0 radical (unpaired) electrons. The summed E-state index contributed by atoms with van der Waals surface area (Å²) in [7, 11) is 0. The first-order valence-electron chi connectivity index (χ1n) is 4.93. The van der Waals surface area contributed by atoms with E-state index in [1.165, 1.54) is 0 Å². The minimum atomic E-state index is -0.0193. The summed E-state index contributed by atoms with van der Waals surface area (Å²) >= 11 is 0. The number of ether oxygens (including phenoxy) is 2. The zero-order valence-electron chi connectivity index (χ0n) is 8.26. The lowest BCUT2D eigenvalue weighted by molar-refractivity contribution is 0.00578. The van der Waals surface area contributed by atoms with Crippen LogP contribution in [0.3, 0.4) is 0 Å². The third kappa shape index (κ3) is 2.50. The first-order valence-corrected chi connectivity index (χ1v) is 4.93. The molecular formula is C10H12N2O3. The minimum Gasteiger partial charge on any atom is -0.470 e. The Bertz CT molecular complexity index is 337. The summed E-state index contributed by atoms with van der Waals surface area (Å²) in [6.07, 6.45) is 3.46. The zero-order chi connectivity index (χ0) is 10.5. The Hall–Kier alpha value is -1.49. The first-order chi connectivity index (χ1) is 7.40. The molecular weight excluding hydrogens is 196 g/mol. The molecule has 1 aliphatic heterocycles. The molecule has 5 nitrogen and oxygen atoms in total. The highest BCUT2D eigenvalue weighted by Gasteiger charge is 2.17. The molecule has 80 valence electrons. The van der Waals surface area contributed by atoms with E-state index in [1.54, 1.807) is 18.3 Å². The maximum Gasteiger partial charge on any atom is 0.243 e. The van der Waals surface area contributed by atoms with Gasteiger partial charge in [-0.25, -0.2) is 4.98 Å². The van der Waals surface area contributed by atoms with Crippen LogP contribution >= 0.6 is 0 Å². The maximum atomic E-state index is 10.5. The zero-order valence-corrected chi connectivity index (χ0v) is 8.26. The molecule has 1 saturated heterocycles. The van der Waals surface area contributed by atoms with Crippen LogP contribution in [-0.4, -0.2) is 24.3 Å². The number of hydrogen-bond donors (Lipinski definition) is 0. The molecule has 2 rings (SSSR count). The molecule has 1 aromatic heterocycles. The van der Waals surface area contributed by atoms with E-state index in [1.807, 2.05) is 0 Å². The van der Waals surface area contributed by atoms with Gasteiger partial charge in [-0.3, -0.25) is 0 Å². The molecule has 15 heavy (non-hydrogen) atoms. The second-order valence-electron chi connectivity index (χ2n) is 3.38. The van der Waals surface area contributed by atoms with Crippen molar-refractivity contribution in [1.82, 2.24) is 4.98 Å². The van der Waals surface area contributed by atoms with Gasteiger partial charge in [0.2, 0.25) is 5.88 Å². The fourth-order valence-electron chi connectivity index (χ4n) is 1.50. The Balaban J connectivity index is 2.05. The van der Waals surface area contributed by atoms with E-state index in [0.717, 1.165) is 19.4 Å². The minimum absolute atomic E-state index is 0.0193. The lowest BCUT2D eigenvalue weighted by atomic mass is 10.2. The molecule has 1 unspecified atom stereocenters. The van der Waals surface area contributed by atoms with Crippen LogP contribution in [0.5, 0.6) is 5.88 Å². The van der Waals surface area contributed by atoms with Crippen molar-refractivity contribution in [1.29, 1.82) is 0 Å². The van der Waals surface area contributed by atoms with Crippen LogP contribution < -0.4 is 4.74 Å². The summed E-state index contributed by atoms with van der Waals surface area (Å²) in [5.41, 5.74) is 0.239. The molecule has 0 bridgehead atoms. The van der Waals surface area contributed by atoms with Gasteiger partial charge in [0.15, 0.2) is 5.69 Å². The van der Waals surface area contributed by atoms with Crippen molar-refractivity contribution in [3.8, 4) is 5.88 Å². The molecule has 0 amide bonds. The molecule has 5 heteroatoms. The van der Waals surface area contributed by atoms with E-state index in [9.17, 15) is 4.91 Å². The quantitative estimate of drug-likeness (QED) is 0.713. The molecule has 1 fully saturated rings. The van der Waals surface area contributed by atoms with Crippen molar-refractivity contribution in [2.45, 2.75) is 18.9 Å². The summed E-state index contributed by atoms with van der Waals surface area (Å²) in [5.74, 6) is 0.294. The summed E-state index contributed by atoms with van der Waals surface area (Å²) in [6, 6.07) is 3.24. The fraction of sp³-hybridized carbons (Fsp3) is 0.500. The Kier molecular flexibility index (Phi) is 3.24. The Morgan fingerprint density at radius 2 is 2.53 bits per heavy atom. The lowest BCUT2D eigenvalue weighted by Gasteiger charge is -2.22. The Morgan fingerprint density at radius 1 is 1.60 bits per heavy atom. The van der Waals surface area contributed by atoms with E-state index in [2.05, 4.69) is 10.2 Å². The lowest BCUT2D eigenvalue weighted by Crippen LogP contribution is -2.28. The first kappa shape index (κ1) is 10.0. The van der Waals surface area contributed by atoms with Gasteiger partial charge >= 0.3 is 0 Å². The van der Waals surface area contributed by atoms with Crippen molar-refractivity contribution in [2.75, 3.05) is 13.2 Å². The fourth-order valence-corrected chi connectivity index (χ4v) is 1.50. The molecule has 0 aromatic carbocycles. The molecule has 0 spiro atoms. The van der Waals surface area contributed by atoms with Crippen LogP contribution in [0.4, 0.5) is 5.69 Å². The average molecular weight is 208 g/mol. The predicted molar refractivity (Wildman–Crippen MR) is 54.2 cm³/mol. The van der Waals surface area contributed by atoms with Gasteiger partial charge in [-0.05, 0) is 30.2 Å². The van der Waals surface area contributed by atoms with E-state index in [0.29, 0.717) is 12.5 Å². The number of nitroso groups, excluding NO2 is 1. The van der Waals surface area contributed by atoms with Crippen LogP contribution in [0.1, 0.15) is 12.8 Å². The van der Waals surface area contributed by atoms with Gasteiger partial charge in [-0.15, -0.1) is 4.91 Å². The SMILES string of the molecule is O=Nc1cccnc1OC1CCCOC1. The van der Waals surface area contributed by atoms with E-state index in [4.69, 9.17) is 9.47 Å². The summed E-state index contributed by atoms with van der Waals surface area (Å²) in [5, 5.41) is 2.86. The molecule has 0 saturated carbocycles. The summed E-state index contributed by atoms with van der Waals surface area (Å²) < 4.78 is 10.8. The third-order valence-electron chi connectivity index (χ3n) is 2.25. The number of aromatic nitrogens is 1. The highest BCUT2D eigenvalue weighted by atomic mass is 16.5. The third-order valence-corrected chi connectivity index (χ3v) is 2.25. The van der Waals surface area contributed by atoms with Gasteiger partial charge in [0.1, 0.15) is 6.10 Å². The van der Waals surface area contributed by atoms with Crippen molar-refractivity contribution >= 4 is 5.69 Å². The summed E-state index contributed by atoms with van der Waals surface area (Å²) in [4.78, 5) is 14.4. The molecule has 2 heterocycles. The maximum absolute atomic E-state index is 10.5. The van der Waals surface area contributed by atoms with Crippen LogP contribution in [0.15, 0.2) is 23.5 Å². The normalized spacial score (nSPS) is 20.9. The van der Waals surface area contributed by atoms with Gasteiger partial charge in [-0.2, -0.15) is 0 Å². The summed E-state index contributed by atoms with van der Waals surface area (Å²) in [6.45, 7) is 1.33. The molecule has 1 aliphatic rings. The Morgan fingerprint density at radius 3 is 3.27 bits per heavy atom. The van der Waals surface area contributed by atoms with Crippen molar-refractivity contribution in [3.63, 3.8) is 0 Å². The van der Waals surface area contributed by atoms with Crippen LogP contribution in [0.25, 0.3) is 0 Å². The molecule has 0 aliphatic carbocycles. The predicted octanol–water partition coefficient (Wildman–Crippen LogP) is 2.04. The van der Waals surface area contributed by atoms with Gasteiger partial charge in [0.25, 0.3) is 0 Å². The standard InChI is InChI=1S/C10H12N2O3/c13-12-9-4-1-5-11-10(9)15-8-3-2-6-14-7-8/h1,4-5,8H,2-3,6-7H2. The van der Waals surface area contributed by atoms with Gasteiger partial charge in [0, 0.05) is 12.8 Å². The number of pyridine rings is 1. The number of hydrogen-bond acceptors (Lipinski definition) is 5. The average Bonchev–Trinajstić information content (AvgIpc) is 2.31. The van der Waals surface area contributed by atoms with Crippen molar-refractivity contribution in [3.05, 3.63) is 23.2 Å². The Labute approximate surface area is 87.4 Å². The molecule has 0 N–H and O–H groups in total. The van der Waals surface area contributed by atoms with Gasteiger partial charge in [-0.1, -0.05) is 0 Å². The van der Waals surface area contributed by atoms with Crippen LogP contribution in [0.2, 0.25) is 0 Å². The van der Waals surface area contributed by atoms with E-state index >= 15 is 0 Å². The second kappa shape index (κ2) is 4.84. The molecule has 1 aromatic rings. The highest BCUT2D eigenvalue weighted by Crippen LogP contribution is 2.25. The number of rotatable bonds is 3. The second-order valence-corrected chi connectivity index (χ2v) is 3.38. The van der Waals surface area contributed by atoms with Crippen LogP contribution in [0, 0.1) is 4.91 Å². The van der Waals surface area contributed by atoms with E-state index in [-0.39, 0.29) is 11.8 Å². The van der Waals surface area contributed by atoms with Gasteiger partial charge < -0.3 is 9.47 Å². The highest BCUT2D eigenvalue weighted by molar-refractivity contribution is 5.45. The van der Waals surface area contributed by atoms with Crippen LogP contribution in [-0.2, 0) is 4.74 Å². The smallest absolute Gasteiger partial charge is 0.243 e. The van der Waals surface area contributed by atoms with Gasteiger partial charge in [0.05, 0.1) is 6.61 Å². The topological polar surface area (TPSA) is 60.8 Å². The van der Waals surface area contributed by atoms with Crippen molar-refractivity contribution < 1.29 is 9.47 Å². The van der Waals surface area contributed by atoms with E-state index < -0.39 is 0 Å².